The molecule has 0 fully saturated rings. The Kier molecular flexibility index (Phi) is 1.58. The van der Waals surface area contributed by atoms with Gasteiger partial charge in [0.05, 0.1) is 5.69 Å². The van der Waals surface area contributed by atoms with E-state index in [1.54, 1.807) is 0 Å². The molecule has 0 aliphatic carbocycles. The Bertz CT molecular complexity index is 376. The summed E-state index contributed by atoms with van der Waals surface area (Å²) in [6.45, 7) is 1.92. The second kappa shape index (κ2) is 2.60. The molecule has 0 amide bonds. The third kappa shape index (κ3) is 0.984. The molecule has 2 aromatic rings. The third-order valence-electron chi connectivity index (χ3n) is 1.74. The van der Waals surface area contributed by atoms with E-state index in [9.17, 15) is 0 Å². The molecule has 0 aromatic carbocycles. The summed E-state index contributed by atoms with van der Waals surface area (Å²) in [5.74, 6) is 0.540. The number of hydrogen-bond donors (Lipinski definition) is 2. The lowest BCUT2D eigenvalue weighted by molar-refractivity contribution is 1.10. The van der Waals surface area contributed by atoms with Gasteiger partial charge >= 0.3 is 0 Å². The van der Waals surface area contributed by atoms with Gasteiger partial charge < -0.3 is 5.73 Å². The Morgan fingerprint density at radius 1 is 1.58 bits per heavy atom. The van der Waals surface area contributed by atoms with Crippen LogP contribution in [0.15, 0.2) is 11.4 Å². The van der Waals surface area contributed by atoms with Crippen LogP contribution in [0.1, 0.15) is 5.56 Å². The quantitative estimate of drug-likeness (QED) is 0.697. The van der Waals surface area contributed by atoms with Crippen LogP contribution in [-0.2, 0) is 0 Å². The highest BCUT2D eigenvalue weighted by Gasteiger charge is 2.08. The van der Waals surface area contributed by atoms with Crippen molar-refractivity contribution >= 4 is 17.4 Å². The van der Waals surface area contributed by atoms with Crippen LogP contribution in [0.25, 0.3) is 11.4 Å². The first-order valence-corrected chi connectivity index (χ1v) is 4.34. The summed E-state index contributed by atoms with van der Waals surface area (Å²) in [6.07, 6.45) is 0. The van der Waals surface area contributed by atoms with E-state index in [1.165, 1.54) is 11.5 Å². The number of nitrogens with one attached hydrogen (secondary N) is 1. The molecule has 0 radical (unpaired) electrons. The minimum absolute atomic E-state index is 0.540. The van der Waals surface area contributed by atoms with E-state index >= 15 is 0 Å². The Balaban J connectivity index is 2.55. The van der Waals surface area contributed by atoms with Crippen LogP contribution >= 0.6 is 11.5 Å². The van der Waals surface area contributed by atoms with E-state index in [0.717, 1.165) is 17.0 Å². The first-order valence-electron chi connectivity index (χ1n) is 3.50. The van der Waals surface area contributed by atoms with E-state index in [1.807, 2.05) is 18.4 Å². The normalized spacial score (nSPS) is 10.4. The summed E-state index contributed by atoms with van der Waals surface area (Å²) >= 11 is 1.41. The molecule has 2 heterocycles. The molecule has 0 aliphatic heterocycles. The van der Waals surface area contributed by atoms with Crippen molar-refractivity contribution in [3.05, 3.63) is 17.0 Å². The van der Waals surface area contributed by atoms with Gasteiger partial charge in [0.25, 0.3) is 0 Å². The fourth-order valence-electron chi connectivity index (χ4n) is 1.00. The van der Waals surface area contributed by atoms with E-state index in [0.29, 0.717) is 5.82 Å². The molecule has 62 valence electrons. The van der Waals surface area contributed by atoms with Gasteiger partial charge in [-0.15, -0.1) is 0 Å². The molecule has 0 saturated heterocycles. The maximum Gasteiger partial charge on any atom is 0.148 e. The summed E-state index contributed by atoms with van der Waals surface area (Å²) in [4.78, 5) is 0. The molecule has 3 N–H and O–H groups in total. The van der Waals surface area contributed by atoms with Crippen molar-refractivity contribution in [1.29, 1.82) is 0 Å². The predicted molar refractivity (Wildman–Crippen MR) is 48.8 cm³/mol. The highest BCUT2D eigenvalue weighted by molar-refractivity contribution is 7.03. The van der Waals surface area contributed by atoms with E-state index < -0.39 is 0 Å². The Labute approximate surface area is 73.6 Å². The molecular formula is C7H8N4S. The molecule has 0 aliphatic rings. The Morgan fingerprint density at radius 3 is 2.92 bits per heavy atom. The number of aromatic amines is 1. The molecule has 2 aromatic heterocycles. The Morgan fingerprint density at radius 2 is 2.42 bits per heavy atom. The first-order chi connectivity index (χ1) is 5.79. The summed E-state index contributed by atoms with van der Waals surface area (Å²) in [5, 5.41) is 8.66. The molecule has 5 heteroatoms. The summed E-state index contributed by atoms with van der Waals surface area (Å²) in [6, 6.07) is 1.94. The topological polar surface area (TPSA) is 67.6 Å². The van der Waals surface area contributed by atoms with E-state index in [2.05, 4.69) is 14.6 Å². The maximum atomic E-state index is 5.58. The van der Waals surface area contributed by atoms with Gasteiger partial charge in [-0.05, 0) is 24.5 Å². The number of nitrogens with two attached hydrogens (primary N) is 1. The van der Waals surface area contributed by atoms with Crippen LogP contribution in [0.3, 0.4) is 0 Å². The predicted octanol–water partition coefficient (Wildman–Crippen LogP) is 1.42. The van der Waals surface area contributed by atoms with Crippen LogP contribution in [0.4, 0.5) is 5.82 Å². The lowest BCUT2D eigenvalue weighted by Crippen LogP contribution is -1.86. The largest absolute Gasteiger partial charge is 0.382 e. The molecule has 0 bridgehead atoms. The van der Waals surface area contributed by atoms with Crippen molar-refractivity contribution in [3.63, 3.8) is 0 Å². The summed E-state index contributed by atoms with van der Waals surface area (Å²) in [7, 11) is 0. The van der Waals surface area contributed by atoms with Crippen molar-refractivity contribution in [2.75, 3.05) is 5.73 Å². The van der Waals surface area contributed by atoms with E-state index in [-0.39, 0.29) is 0 Å². The highest BCUT2D eigenvalue weighted by atomic mass is 32.1. The zero-order chi connectivity index (χ0) is 8.55. The minimum Gasteiger partial charge on any atom is -0.382 e. The summed E-state index contributed by atoms with van der Waals surface area (Å²) < 4.78 is 4.18. The fraction of sp³-hybridized carbons (Fsp3) is 0.143. The second-order valence-electron chi connectivity index (χ2n) is 2.49. The number of H-pyrrole nitrogens is 1. The van der Waals surface area contributed by atoms with E-state index in [4.69, 9.17) is 5.73 Å². The molecule has 0 spiro atoms. The number of rotatable bonds is 1. The fourth-order valence-corrected chi connectivity index (χ4v) is 1.52. The maximum absolute atomic E-state index is 5.58. The van der Waals surface area contributed by atoms with Gasteiger partial charge in [0.1, 0.15) is 11.5 Å². The third-order valence-corrected chi connectivity index (χ3v) is 2.30. The van der Waals surface area contributed by atoms with Crippen molar-refractivity contribution in [3.8, 4) is 11.4 Å². The summed E-state index contributed by atoms with van der Waals surface area (Å²) in [5.41, 5.74) is 8.35. The number of aromatic nitrogens is 3. The van der Waals surface area contributed by atoms with Crippen molar-refractivity contribution in [2.24, 2.45) is 0 Å². The van der Waals surface area contributed by atoms with Gasteiger partial charge in [0.2, 0.25) is 0 Å². The smallest absolute Gasteiger partial charge is 0.148 e. The van der Waals surface area contributed by atoms with Gasteiger partial charge in [-0.3, -0.25) is 5.10 Å². The molecule has 0 unspecified atom stereocenters. The van der Waals surface area contributed by atoms with Crippen LogP contribution in [0.5, 0.6) is 0 Å². The second-order valence-corrected chi connectivity index (χ2v) is 3.16. The molecule has 0 atom stereocenters. The molecular weight excluding hydrogens is 172 g/mol. The average molecular weight is 180 g/mol. The van der Waals surface area contributed by atoms with Gasteiger partial charge in [0.15, 0.2) is 0 Å². The lowest BCUT2D eigenvalue weighted by Gasteiger charge is -1.91. The van der Waals surface area contributed by atoms with Crippen LogP contribution in [0.2, 0.25) is 0 Å². The monoisotopic (exact) mass is 180 g/mol. The van der Waals surface area contributed by atoms with Crippen molar-refractivity contribution < 1.29 is 0 Å². The van der Waals surface area contributed by atoms with Gasteiger partial charge in [-0.2, -0.15) is 9.47 Å². The van der Waals surface area contributed by atoms with Gasteiger partial charge in [0, 0.05) is 10.9 Å². The first kappa shape index (κ1) is 7.30. The molecule has 12 heavy (non-hydrogen) atoms. The van der Waals surface area contributed by atoms with Crippen molar-refractivity contribution in [2.45, 2.75) is 6.92 Å². The van der Waals surface area contributed by atoms with Crippen LogP contribution in [-0.4, -0.2) is 14.6 Å². The lowest BCUT2D eigenvalue weighted by atomic mass is 10.2. The van der Waals surface area contributed by atoms with Gasteiger partial charge in [-0.1, -0.05) is 0 Å². The molecule has 2 rings (SSSR count). The molecule has 0 saturated carbocycles. The average Bonchev–Trinajstić information content (AvgIpc) is 2.64. The SMILES string of the molecule is Cc1c(N)n[nH]c1-c1ccsn1. The number of nitrogen functional groups attached to an aromatic ring is 1. The minimum atomic E-state index is 0.540. The highest BCUT2D eigenvalue weighted by Crippen LogP contribution is 2.22. The van der Waals surface area contributed by atoms with Gasteiger partial charge in [-0.25, -0.2) is 0 Å². The Hall–Kier alpha value is -1.36. The van der Waals surface area contributed by atoms with Crippen molar-refractivity contribution in [1.82, 2.24) is 14.6 Å². The number of nitrogens with zero attached hydrogens (tertiary/aromatic N) is 2. The number of anilines is 1. The van der Waals surface area contributed by atoms with Crippen LogP contribution < -0.4 is 5.73 Å². The number of hydrogen-bond acceptors (Lipinski definition) is 4. The zero-order valence-corrected chi connectivity index (χ0v) is 7.35. The molecule has 4 nitrogen and oxygen atoms in total. The standard InChI is InChI=1S/C7H8N4S/c1-4-6(9-10-7(4)8)5-2-3-12-11-5/h2-3H,1H3,(H3,8,9,10). The zero-order valence-electron chi connectivity index (χ0n) is 6.53. The van der Waals surface area contributed by atoms with Crippen LogP contribution in [0, 0.1) is 6.92 Å².